The Morgan fingerprint density at radius 1 is 1.50 bits per heavy atom. The van der Waals surface area contributed by atoms with E-state index in [9.17, 15) is 8.42 Å². The monoisotopic (exact) mass is 243 g/mol. The highest BCUT2D eigenvalue weighted by atomic mass is 32.2. The van der Waals surface area contributed by atoms with Crippen molar-refractivity contribution in [1.82, 2.24) is 0 Å². The summed E-state index contributed by atoms with van der Waals surface area (Å²) in [5.41, 5.74) is 0. The van der Waals surface area contributed by atoms with Crippen LogP contribution in [0.3, 0.4) is 0 Å². The lowest BCUT2D eigenvalue weighted by molar-refractivity contribution is 0.0778. The Balaban J connectivity index is 2.11. The largest absolute Gasteiger partial charge is 0.369 e. The maximum atomic E-state index is 11.9. The first kappa shape index (κ1) is 10.5. The fourth-order valence-corrected chi connectivity index (χ4v) is 4.96. The first-order valence-corrected chi connectivity index (χ1v) is 6.83. The van der Waals surface area contributed by atoms with Crippen molar-refractivity contribution in [2.24, 2.45) is 11.8 Å². The van der Waals surface area contributed by atoms with Gasteiger partial charge in [0.15, 0.2) is 0 Å². The second kappa shape index (κ2) is 2.78. The molecular weight excluding hydrogens is 230 g/mol. The molecule has 0 amide bonds. The molecule has 6 heteroatoms. The van der Waals surface area contributed by atoms with Crippen LogP contribution in [0.2, 0.25) is 0 Å². The van der Waals surface area contributed by atoms with E-state index in [1.807, 2.05) is 19.9 Å². The van der Waals surface area contributed by atoms with E-state index in [1.54, 1.807) is 0 Å². The van der Waals surface area contributed by atoms with Crippen LogP contribution in [0, 0.1) is 23.2 Å². The van der Waals surface area contributed by atoms with Gasteiger partial charge in [0.25, 0.3) is 10.1 Å². The first-order chi connectivity index (χ1) is 7.43. The summed E-state index contributed by atoms with van der Waals surface area (Å²) < 4.78 is 33.1. The number of fused-ring (bicyclic) bond motifs is 1. The van der Waals surface area contributed by atoms with Crippen LogP contribution >= 0.6 is 0 Å². The topological polar surface area (TPSA) is 76.4 Å². The third-order valence-electron chi connectivity index (χ3n) is 4.04. The van der Waals surface area contributed by atoms with Crippen LogP contribution in [-0.4, -0.2) is 31.5 Å². The maximum absolute atomic E-state index is 11.9. The predicted octanol–water partition coefficient (Wildman–Crippen LogP) is 0.421. The molecule has 3 aliphatic rings. The van der Waals surface area contributed by atoms with Crippen LogP contribution in [0.1, 0.15) is 20.3 Å². The van der Waals surface area contributed by atoms with Gasteiger partial charge in [-0.2, -0.15) is 13.7 Å². The lowest BCUT2D eigenvalue weighted by Crippen LogP contribution is -2.45. The van der Waals surface area contributed by atoms with Crippen molar-refractivity contribution >= 4 is 10.1 Å². The van der Waals surface area contributed by atoms with Gasteiger partial charge in [-0.25, -0.2) is 0 Å². The molecule has 0 radical (unpaired) electrons. The van der Waals surface area contributed by atoms with Gasteiger partial charge in [-0.1, -0.05) is 13.8 Å². The summed E-state index contributed by atoms with van der Waals surface area (Å²) in [5, 5.41) is 9.14. The van der Waals surface area contributed by atoms with Gasteiger partial charge in [-0.3, -0.25) is 4.18 Å². The highest BCUT2D eigenvalue weighted by Crippen LogP contribution is 2.57. The fraction of sp³-hybridized carbons (Fsp3) is 0.900. The molecule has 16 heavy (non-hydrogen) atoms. The zero-order valence-electron chi connectivity index (χ0n) is 9.08. The van der Waals surface area contributed by atoms with E-state index in [0.29, 0.717) is 5.92 Å². The number of rotatable bonds is 1. The second-order valence-electron chi connectivity index (χ2n) is 5.14. The molecule has 5 atom stereocenters. The number of hydrogen-bond donors (Lipinski definition) is 0. The van der Waals surface area contributed by atoms with E-state index in [-0.39, 0.29) is 18.4 Å². The van der Waals surface area contributed by atoms with Gasteiger partial charge < -0.3 is 4.74 Å². The van der Waals surface area contributed by atoms with Crippen LogP contribution in [0.15, 0.2) is 0 Å². The molecule has 0 spiro atoms. The molecule has 2 bridgehead atoms. The standard InChI is InChI=1S/C10H13NO4S/c1-5(2)7-6-3-10(4-11)9(14-6)8(7)15-16(10,12)13/h5-9H,3H2,1-2H3. The van der Waals surface area contributed by atoms with E-state index >= 15 is 0 Å². The highest BCUT2D eigenvalue weighted by molar-refractivity contribution is 7.88. The number of nitriles is 1. The van der Waals surface area contributed by atoms with Crippen molar-refractivity contribution in [3.63, 3.8) is 0 Å². The van der Waals surface area contributed by atoms with Crippen LogP contribution in [0.5, 0.6) is 0 Å². The Hall–Kier alpha value is -0.640. The summed E-state index contributed by atoms with van der Waals surface area (Å²) >= 11 is 0. The summed E-state index contributed by atoms with van der Waals surface area (Å²) in [5.74, 6) is 0.383. The maximum Gasteiger partial charge on any atom is 0.289 e. The van der Waals surface area contributed by atoms with E-state index in [2.05, 4.69) is 0 Å². The zero-order chi connectivity index (χ0) is 11.7. The Kier molecular flexibility index (Phi) is 1.83. The van der Waals surface area contributed by atoms with Crippen molar-refractivity contribution in [3.8, 4) is 6.07 Å². The minimum Gasteiger partial charge on any atom is -0.369 e. The average molecular weight is 243 g/mol. The summed E-state index contributed by atoms with van der Waals surface area (Å²) in [6.45, 7) is 4.05. The summed E-state index contributed by atoms with van der Waals surface area (Å²) in [7, 11) is -3.80. The second-order valence-corrected chi connectivity index (χ2v) is 6.97. The minimum atomic E-state index is -3.80. The van der Waals surface area contributed by atoms with Gasteiger partial charge in [0.2, 0.25) is 4.75 Å². The average Bonchev–Trinajstić information content (AvgIpc) is 2.73. The summed E-state index contributed by atoms with van der Waals surface area (Å²) in [6, 6.07) is 1.91. The van der Waals surface area contributed by atoms with Gasteiger partial charge >= 0.3 is 0 Å². The number of ether oxygens (including phenoxy) is 1. The van der Waals surface area contributed by atoms with Gasteiger partial charge in [-0.15, -0.1) is 0 Å². The third-order valence-corrected chi connectivity index (χ3v) is 5.89. The fourth-order valence-electron chi connectivity index (χ4n) is 3.31. The van der Waals surface area contributed by atoms with Crippen LogP contribution in [0.25, 0.3) is 0 Å². The van der Waals surface area contributed by atoms with Crippen molar-refractivity contribution in [2.45, 2.75) is 43.3 Å². The van der Waals surface area contributed by atoms with Gasteiger partial charge in [-0.05, 0) is 5.92 Å². The SMILES string of the molecule is CC(C)C1C2CC3(C#N)C(O2)C1OS3(=O)=O. The lowest BCUT2D eigenvalue weighted by Gasteiger charge is -2.26. The highest BCUT2D eigenvalue weighted by Gasteiger charge is 2.75. The van der Waals surface area contributed by atoms with Gasteiger partial charge in [0.1, 0.15) is 12.2 Å². The van der Waals surface area contributed by atoms with E-state index in [4.69, 9.17) is 14.2 Å². The molecule has 0 aromatic rings. The molecule has 3 fully saturated rings. The Morgan fingerprint density at radius 3 is 2.75 bits per heavy atom. The van der Waals surface area contributed by atoms with Crippen LogP contribution in [-0.2, 0) is 19.0 Å². The normalized spacial score (nSPS) is 52.1. The molecule has 3 aliphatic heterocycles. The molecule has 5 unspecified atom stereocenters. The number of nitrogens with zero attached hydrogens (tertiary/aromatic N) is 1. The quantitative estimate of drug-likeness (QED) is 0.624. The van der Waals surface area contributed by atoms with Crippen LogP contribution in [0.4, 0.5) is 0 Å². The first-order valence-electron chi connectivity index (χ1n) is 5.42. The zero-order valence-corrected chi connectivity index (χ0v) is 9.90. The third kappa shape index (κ3) is 0.910. The molecule has 5 nitrogen and oxygen atoms in total. The van der Waals surface area contributed by atoms with Crippen molar-refractivity contribution in [2.75, 3.05) is 0 Å². The molecule has 88 valence electrons. The van der Waals surface area contributed by atoms with E-state index < -0.39 is 27.1 Å². The smallest absolute Gasteiger partial charge is 0.289 e. The minimum absolute atomic E-state index is 0.0868. The molecule has 0 aromatic heterocycles. The van der Waals surface area contributed by atoms with Crippen molar-refractivity contribution in [3.05, 3.63) is 0 Å². The van der Waals surface area contributed by atoms with Crippen molar-refractivity contribution in [1.29, 1.82) is 5.26 Å². The van der Waals surface area contributed by atoms with Gasteiger partial charge in [0, 0.05) is 12.3 Å². The Bertz CT molecular complexity index is 480. The molecular formula is C10H13NO4S. The summed E-state index contributed by atoms with van der Waals surface area (Å²) in [6.07, 6.45) is -0.925. The molecule has 0 aliphatic carbocycles. The predicted molar refractivity (Wildman–Crippen MR) is 53.7 cm³/mol. The van der Waals surface area contributed by atoms with Crippen molar-refractivity contribution < 1.29 is 17.3 Å². The van der Waals surface area contributed by atoms with E-state index in [1.165, 1.54) is 0 Å². The molecule has 0 aromatic carbocycles. The molecule has 3 rings (SSSR count). The summed E-state index contributed by atoms with van der Waals surface area (Å²) in [4.78, 5) is 0. The van der Waals surface area contributed by atoms with Gasteiger partial charge in [0.05, 0.1) is 12.2 Å². The molecule has 3 heterocycles. The Labute approximate surface area is 94.5 Å². The Morgan fingerprint density at radius 2 is 2.19 bits per heavy atom. The number of hydrogen-bond acceptors (Lipinski definition) is 5. The molecule has 0 saturated carbocycles. The lowest BCUT2D eigenvalue weighted by atomic mass is 9.75. The molecule has 3 saturated heterocycles. The van der Waals surface area contributed by atoms with Crippen LogP contribution < -0.4 is 0 Å². The van der Waals surface area contributed by atoms with E-state index in [0.717, 1.165) is 0 Å². The molecule has 0 N–H and O–H groups in total.